The lowest BCUT2D eigenvalue weighted by molar-refractivity contribution is -0.144. The number of anilines is 1. The highest BCUT2D eigenvalue weighted by molar-refractivity contribution is 7.80. The third kappa shape index (κ3) is 2.82. The van der Waals surface area contributed by atoms with Crippen LogP contribution < -0.4 is 10.6 Å². The summed E-state index contributed by atoms with van der Waals surface area (Å²) in [5.41, 5.74) is 7.28. The number of nitrogens with zero attached hydrogens (tertiary/aromatic N) is 1. The van der Waals surface area contributed by atoms with Gasteiger partial charge in [-0.2, -0.15) is 0 Å². The lowest BCUT2D eigenvalue weighted by Gasteiger charge is -2.22. The number of nitrogens with two attached hydrogens (primary N) is 1. The molecule has 1 aliphatic heterocycles. The van der Waals surface area contributed by atoms with Crippen LogP contribution >= 0.6 is 23.8 Å². The van der Waals surface area contributed by atoms with Gasteiger partial charge in [-0.1, -0.05) is 29.9 Å². The Bertz CT molecular complexity index is 521. The van der Waals surface area contributed by atoms with E-state index in [0.717, 1.165) is 18.7 Å². The molecular formula is C13H15ClN2O2S. The van der Waals surface area contributed by atoms with Crippen LogP contribution in [-0.2, 0) is 9.53 Å². The molecule has 2 rings (SSSR count). The number of rotatable bonds is 3. The summed E-state index contributed by atoms with van der Waals surface area (Å²) in [6.45, 7) is 1.36. The topological polar surface area (TPSA) is 55.6 Å². The van der Waals surface area contributed by atoms with E-state index in [1.54, 1.807) is 6.07 Å². The monoisotopic (exact) mass is 298 g/mol. The van der Waals surface area contributed by atoms with Crippen molar-refractivity contribution in [2.45, 2.75) is 6.42 Å². The number of methoxy groups -OCH3 is 1. The maximum atomic E-state index is 11.6. The van der Waals surface area contributed by atoms with Crippen molar-refractivity contribution in [1.29, 1.82) is 0 Å². The Morgan fingerprint density at radius 2 is 2.32 bits per heavy atom. The number of carbonyl (C=O) groups is 1. The first-order valence-corrected chi connectivity index (χ1v) is 6.74. The molecule has 1 heterocycles. The molecule has 0 amide bonds. The fourth-order valence-corrected chi connectivity index (χ4v) is 2.90. The average Bonchev–Trinajstić information content (AvgIpc) is 2.86. The van der Waals surface area contributed by atoms with Crippen LogP contribution in [0.25, 0.3) is 0 Å². The zero-order chi connectivity index (χ0) is 14.0. The number of ether oxygens (including phenoxy) is 1. The molecule has 1 saturated heterocycles. The van der Waals surface area contributed by atoms with E-state index >= 15 is 0 Å². The van der Waals surface area contributed by atoms with E-state index in [2.05, 4.69) is 4.90 Å². The Balaban J connectivity index is 2.27. The van der Waals surface area contributed by atoms with Gasteiger partial charge >= 0.3 is 5.97 Å². The second-order valence-electron chi connectivity index (χ2n) is 4.45. The molecule has 1 aromatic carbocycles. The smallest absolute Gasteiger partial charge is 0.310 e. The van der Waals surface area contributed by atoms with Gasteiger partial charge in [0.25, 0.3) is 0 Å². The zero-order valence-corrected chi connectivity index (χ0v) is 12.1. The van der Waals surface area contributed by atoms with Gasteiger partial charge in [0.1, 0.15) is 4.99 Å². The van der Waals surface area contributed by atoms with Crippen molar-refractivity contribution in [3.63, 3.8) is 0 Å². The number of carbonyl (C=O) groups excluding carboxylic acids is 1. The highest BCUT2D eigenvalue weighted by atomic mass is 35.5. The van der Waals surface area contributed by atoms with Crippen LogP contribution in [0.5, 0.6) is 0 Å². The van der Waals surface area contributed by atoms with Crippen LogP contribution in [0.15, 0.2) is 18.2 Å². The van der Waals surface area contributed by atoms with E-state index in [1.165, 1.54) is 7.11 Å². The Morgan fingerprint density at radius 3 is 2.95 bits per heavy atom. The first kappa shape index (κ1) is 14.1. The van der Waals surface area contributed by atoms with E-state index in [9.17, 15) is 4.79 Å². The van der Waals surface area contributed by atoms with Crippen molar-refractivity contribution >= 4 is 40.5 Å². The summed E-state index contributed by atoms with van der Waals surface area (Å²) in [4.78, 5) is 13.9. The van der Waals surface area contributed by atoms with Gasteiger partial charge in [0.2, 0.25) is 0 Å². The Morgan fingerprint density at radius 1 is 1.58 bits per heavy atom. The molecule has 1 aromatic rings. The summed E-state index contributed by atoms with van der Waals surface area (Å²) in [5, 5.41) is 0.534. The fourth-order valence-electron chi connectivity index (χ4n) is 2.36. The molecular weight excluding hydrogens is 284 g/mol. The molecule has 0 aromatic heterocycles. The standard InChI is InChI=1S/C13H15ClN2O2S/c1-18-13(17)8-5-6-16(7-8)10-4-2-3-9(14)11(10)12(15)19/h2-4,8H,5-7H2,1H3,(H2,15,19). The number of halogens is 1. The van der Waals surface area contributed by atoms with Gasteiger partial charge in [-0.3, -0.25) is 4.79 Å². The summed E-state index contributed by atoms with van der Waals surface area (Å²) >= 11 is 11.2. The predicted octanol–water partition coefficient (Wildman–Crippen LogP) is 1.97. The number of benzene rings is 1. The maximum Gasteiger partial charge on any atom is 0.310 e. The quantitative estimate of drug-likeness (QED) is 0.683. The van der Waals surface area contributed by atoms with Crippen LogP contribution in [-0.4, -0.2) is 31.2 Å². The van der Waals surface area contributed by atoms with Gasteiger partial charge in [0.15, 0.2) is 0 Å². The molecule has 102 valence electrons. The maximum absolute atomic E-state index is 11.6. The minimum Gasteiger partial charge on any atom is -0.469 e. The van der Waals surface area contributed by atoms with Gasteiger partial charge in [0.05, 0.1) is 23.6 Å². The fraction of sp³-hybridized carbons (Fsp3) is 0.385. The Labute approximate surface area is 122 Å². The molecule has 6 heteroatoms. The summed E-state index contributed by atoms with van der Waals surface area (Å²) < 4.78 is 4.78. The van der Waals surface area contributed by atoms with Crippen molar-refractivity contribution in [2.75, 3.05) is 25.1 Å². The predicted molar refractivity (Wildman–Crippen MR) is 79.7 cm³/mol. The molecule has 19 heavy (non-hydrogen) atoms. The van der Waals surface area contributed by atoms with Crippen LogP contribution in [0.4, 0.5) is 5.69 Å². The van der Waals surface area contributed by atoms with Crippen molar-refractivity contribution < 1.29 is 9.53 Å². The highest BCUT2D eigenvalue weighted by Crippen LogP contribution is 2.31. The van der Waals surface area contributed by atoms with Gasteiger partial charge in [-0.15, -0.1) is 0 Å². The molecule has 0 radical (unpaired) electrons. The lowest BCUT2D eigenvalue weighted by Crippen LogP contribution is -2.26. The molecule has 2 N–H and O–H groups in total. The molecule has 0 spiro atoms. The second kappa shape index (κ2) is 5.75. The number of esters is 1. The van der Waals surface area contributed by atoms with Crippen LogP contribution in [0.3, 0.4) is 0 Å². The van der Waals surface area contributed by atoms with E-state index < -0.39 is 0 Å². The molecule has 1 fully saturated rings. The summed E-state index contributed by atoms with van der Waals surface area (Å²) in [6, 6.07) is 5.53. The summed E-state index contributed by atoms with van der Waals surface area (Å²) in [7, 11) is 1.41. The van der Waals surface area contributed by atoms with Gasteiger partial charge in [-0.05, 0) is 18.6 Å². The lowest BCUT2D eigenvalue weighted by atomic mass is 10.1. The first-order chi connectivity index (χ1) is 9.04. The largest absolute Gasteiger partial charge is 0.469 e. The van der Waals surface area contributed by atoms with E-state index in [4.69, 9.17) is 34.3 Å². The first-order valence-electron chi connectivity index (χ1n) is 5.95. The second-order valence-corrected chi connectivity index (χ2v) is 5.30. The zero-order valence-electron chi connectivity index (χ0n) is 10.6. The molecule has 0 bridgehead atoms. The normalized spacial score (nSPS) is 18.4. The van der Waals surface area contributed by atoms with Crippen molar-refractivity contribution in [3.8, 4) is 0 Å². The van der Waals surface area contributed by atoms with E-state index in [0.29, 0.717) is 17.1 Å². The summed E-state index contributed by atoms with van der Waals surface area (Å²) in [6.07, 6.45) is 0.760. The summed E-state index contributed by atoms with van der Waals surface area (Å²) in [5.74, 6) is -0.287. The number of hydrogen-bond acceptors (Lipinski definition) is 4. The highest BCUT2D eigenvalue weighted by Gasteiger charge is 2.30. The molecule has 0 aliphatic carbocycles. The van der Waals surface area contributed by atoms with Gasteiger partial charge in [-0.25, -0.2) is 0 Å². The van der Waals surface area contributed by atoms with E-state index in [-0.39, 0.29) is 16.9 Å². The molecule has 0 saturated carbocycles. The molecule has 1 aliphatic rings. The van der Waals surface area contributed by atoms with Gasteiger partial charge in [0, 0.05) is 18.8 Å². The Kier molecular flexibility index (Phi) is 4.27. The van der Waals surface area contributed by atoms with Crippen molar-refractivity contribution in [2.24, 2.45) is 11.7 Å². The SMILES string of the molecule is COC(=O)C1CCN(c2cccc(Cl)c2C(N)=S)C1. The van der Waals surface area contributed by atoms with Crippen molar-refractivity contribution in [3.05, 3.63) is 28.8 Å². The minimum atomic E-state index is -0.179. The van der Waals surface area contributed by atoms with E-state index in [1.807, 2.05) is 12.1 Å². The Hall–Kier alpha value is -1.33. The van der Waals surface area contributed by atoms with Crippen LogP contribution in [0, 0.1) is 5.92 Å². The number of hydrogen-bond donors (Lipinski definition) is 1. The third-order valence-electron chi connectivity index (χ3n) is 3.30. The molecule has 4 nitrogen and oxygen atoms in total. The average molecular weight is 299 g/mol. The molecule has 1 atom stereocenters. The van der Waals surface area contributed by atoms with Crippen LogP contribution in [0.2, 0.25) is 5.02 Å². The third-order valence-corrected chi connectivity index (χ3v) is 3.82. The van der Waals surface area contributed by atoms with Crippen molar-refractivity contribution in [1.82, 2.24) is 0 Å². The van der Waals surface area contributed by atoms with Crippen LogP contribution in [0.1, 0.15) is 12.0 Å². The minimum absolute atomic E-state index is 0.108. The van der Waals surface area contributed by atoms with Gasteiger partial charge < -0.3 is 15.4 Å². The number of thiocarbonyl (C=S) groups is 1. The molecule has 1 unspecified atom stereocenters.